The average molecular weight is 403 g/mol. The third-order valence-electron chi connectivity index (χ3n) is 3.99. The van der Waals surface area contributed by atoms with Gasteiger partial charge < -0.3 is 20.0 Å². The molecule has 2 N–H and O–H groups in total. The van der Waals surface area contributed by atoms with Gasteiger partial charge in [0.15, 0.2) is 0 Å². The molecule has 3 aromatic rings. The number of phenolic OH excluding ortho intramolecular Hbond substituents is 2. The number of aliphatic imine (C=N–C) groups is 1. The van der Waals surface area contributed by atoms with E-state index in [4.69, 9.17) is 0 Å². The Morgan fingerprint density at radius 3 is 2.00 bits per heavy atom. The Hall–Kier alpha value is -2.30. The Labute approximate surface area is 169 Å². The normalized spacial score (nSPS) is 14.4. The van der Waals surface area contributed by atoms with Crippen molar-refractivity contribution in [3.05, 3.63) is 77.9 Å². The molecule has 0 saturated carbocycles. The molecule has 1 aliphatic carbocycles. The first-order valence-corrected chi connectivity index (χ1v) is 7.41. The molecule has 0 atom stereocenters. The van der Waals surface area contributed by atoms with Crippen LogP contribution in [0.2, 0.25) is 0 Å². The Morgan fingerprint density at radius 1 is 0.800 bits per heavy atom. The van der Waals surface area contributed by atoms with Crippen molar-refractivity contribution in [1.29, 1.82) is 0 Å². The first-order chi connectivity index (χ1) is 11.7. The number of allylic oxidation sites excluding steroid dienone is 2. The summed E-state index contributed by atoms with van der Waals surface area (Å²) < 4.78 is 0. The van der Waals surface area contributed by atoms with Crippen LogP contribution in [-0.2, 0) is 32.7 Å². The quantitative estimate of drug-likeness (QED) is 0.478. The van der Waals surface area contributed by atoms with Crippen LogP contribution in [0.5, 0.6) is 11.5 Å². The number of aromatic hydroxyl groups is 2. The van der Waals surface area contributed by atoms with Gasteiger partial charge in [-0.05, 0) is 23.4 Å². The zero-order chi connectivity index (χ0) is 16.7. The topological polar surface area (TPSA) is 69.9 Å². The zero-order valence-corrected chi connectivity index (χ0v) is 15.9. The van der Waals surface area contributed by atoms with Gasteiger partial charge in [0.2, 0.25) is 0 Å². The predicted molar refractivity (Wildman–Crippen MR) is 92.1 cm³/mol. The van der Waals surface area contributed by atoms with Crippen molar-refractivity contribution in [2.75, 3.05) is 0 Å². The van der Waals surface area contributed by atoms with E-state index in [1.807, 2.05) is 30.3 Å². The molecular formula is C20H12NO3Y+2. The van der Waals surface area contributed by atoms with Crippen LogP contribution >= 0.6 is 0 Å². The SMILES string of the molecule is O=C1[C-]=CC(=Nc2ccccc2)c2c1c(O)c1ccccc1c2O.[Y+3]. The number of para-hydroxylation sites is 1. The third-order valence-corrected chi connectivity index (χ3v) is 3.99. The molecule has 0 aliphatic heterocycles. The summed E-state index contributed by atoms with van der Waals surface area (Å²) in [5.74, 6) is -0.709. The molecule has 4 nitrogen and oxygen atoms in total. The van der Waals surface area contributed by atoms with Crippen molar-refractivity contribution in [3.63, 3.8) is 0 Å². The molecule has 0 heterocycles. The minimum atomic E-state index is -0.476. The molecule has 0 bridgehead atoms. The summed E-state index contributed by atoms with van der Waals surface area (Å²) in [6.07, 6.45) is 4.01. The van der Waals surface area contributed by atoms with Gasteiger partial charge in [0, 0.05) is 16.5 Å². The molecule has 0 unspecified atom stereocenters. The van der Waals surface area contributed by atoms with E-state index in [1.165, 1.54) is 6.08 Å². The Morgan fingerprint density at radius 2 is 1.36 bits per heavy atom. The van der Waals surface area contributed by atoms with Crippen molar-refractivity contribution in [3.8, 4) is 11.5 Å². The average Bonchev–Trinajstić information content (AvgIpc) is 2.62. The van der Waals surface area contributed by atoms with Crippen LogP contribution in [-0.4, -0.2) is 21.7 Å². The number of carbonyl (C=O) groups is 1. The Balaban J connectivity index is 0.00000182. The molecule has 116 valence electrons. The van der Waals surface area contributed by atoms with Crippen molar-refractivity contribution >= 4 is 28.0 Å². The van der Waals surface area contributed by atoms with Crippen LogP contribution in [0, 0.1) is 6.08 Å². The van der Waals surface area contributed by atoms with Crippen molar-refractivity contribution < 1.29 is 47.7 Å². The van der Waals surface area contributed by atoms with Crippen molar-refractivity contribution in [2.24, 2.45) is 4.99 Å². The van der Waals surface area contributed by atoms with Gasteiger partial charge in [-0.3, -0.25) is 0 Å². The van der Waals surface area contributed by atoms with E-state index in [0.717, 1.165) is 0 Å². The van der Waals surface area contributed by atoms with Crippen LogP contribution in [0.25, 0.3) is 10.8 Å². The van der Waals surface area contributed by atoms with Gasteiger partial charge in [0.25, 0.3) is 0 Å². The van der Waals surface area contributed by atoms with Gasteiger partial charge in [-0.15, -0.1) is 12.2 Å². The minimum absolute atomic E-state index is 0. The van der Waals surface area contributed by atoms with Crippen LogP contribution in [0.1, 0.15) is 15.9 Å². The largest absolute Gasteiger partial charge is 3.00 e. The summed E-state index contributed by atoms with van der Waals surface area (Å²) in [5, 5.41) is 22.1. The fraction of sp³-hybridized carbons (Fsp3) is 0. The Bertz CT molecular complexity index is 1040. The number of nitrogens with zero attached hydrogens (tertiary/aromatic N) is 1. The maximum atomic E-state index is 12.2. The van der Waals surface area contributed by atoms with Gasteiger partial charge in [-0.1, -0.05) is 48.0 Å². The van der Waals surface area contributed by atoms with E-state index in [1.54, 1.807) is 24.3 Å². The van der Waals surface area contributed by atoms with E-state index < -0.39 is 5.78 Å². The van der Waals surface area contributed by atoms with Crippen LogP contribution in [0.3, 0.4) is 0 Å². The van der Waals surface area contributed by atoms with Gasteiger partial charge in [-0.25, -0.2) is 0 Å². The number of rotatable bonds is 1. The molecular weight excluding hydrogens is 391 g/mol. The Kier molecular flexibility index (Phi) is 4.84. The standard InChI is InChI=1S/C20H12NO3.Y/c22-16-11-10-15(21-12-6-2-1-3-7-12)17-18(16)20(24)14-9-5-4-8-13(14)19(17)23;/h1-10,23-24H;/q-1;+3. The first kappa shape index (κ1) is 17.5. The molecule has 0 radical (unpaired) electrons. The van der Waals surface area contributed by atoms with Crippen LogP contribution in [0.15, 0.2) is 65.7 Å². The van der Waals surface area contributed by atoms with Gasteiger partial charge in [0.05, 0.1) is 11.5 Å². The molecule has 0 aromatic heterocycles. The summed E-state index contributed by atoms with van der Waals surface area (Å²) in [7, 11) is 0. The van der Waals surface area contributed by atoms with E-state index in [0.29, 0.717) is 22.2 Å². The number of fused-ring (bicyclic) bond motifs is 2. The van der Waals surface area contributed by atoms with Crippen LogP contribution < -0.4 is 0 Å². The van der Waals surface area contributed by atoms with E-state index in [2.05, 4.69) is 11.1 Å². The number of ketones is 1. The summed E-state index contributed by atoms with van der Waals surface area (Å²) in [5.41, 5.74) is 1.33. The fourth-order valence-electron chi connectivity index (χ4n) is 2.88. The second kappa shape index (κ2) is 6.91. The molecule has 0 amide bonds. The maximum Gasteiger partial charge on any atom is 3.00 e. The van der Waals surface area contributed by atoms with E-state index in [-0.39, 0.29) is 55.3 Å². The molecule has 1 aliphatic rings. The number of benzene rings is 3. The molecule has 4 rings (SSSR count). The van der Waals surface area contributed by atoms with Crippen LogP contribution in [0.4, 0.5) is 5.69 Å². The number of phenols is 2. The zero-order valence-electron chi connectivity index (χ0n) is 13.1. The third kappa shape index (κ3) is 2.92. The predicted octanol–water partition coefficient (Wildman–Crippen LogP) is 3.92. The molecule has 0 saturated heterocycles. The summed E-state index contributed by atoms with van der Waals surface area (Å²) in [6, 6.07) is 16.0. The number of Topliss-reactive ketones (excluding diaryl/α,β-unsaturated/α-hetero) is 1. The first-order valence-electron chi connectivity index (χ1n) is 7.41. The second-order valence-corrected chi connectivity index (χ2v) is 5.44. The number of carbonyl (C=O) groups excluding carboxylic acids is 1. The summed E-state index contributed by atoms with van der Waals surface area (Å²) in [6.45, 7) is 0. The van der Waals surface area contributed by atoms with Crippen molar-refractivity contribution in [1.82, 2.24) is 0 Å². The molecule has 25 heavy (non-hydrogen) atoms. The minimum Gasteiger partial charge on any atom is -0.519 e. The van der Waals surface area contributed by atoms with E-state index in [9.17, 15) is 15.0 Å². The van der Waals surface area contributed by atoms with E-state index >= 15 is 0 Å². The molecule has 0 spiro atoms. The van der Waals surface area contributed by atoms with Crippen molar-refractivity contribution in [2.45, 2.75) is 0 Å². The maximum absolute atomic E-state index is 12.2. The number of hydrogen-bond donors (Lipinski definition) is 2. The van der Waals surface area contributed by atoms with Gasteiger partial charge >= 0.3 is 32.7 Å². The summed E-state index contributed by atoms with van der Waals surface area (Å²) >= 11 is 0. The van der Waals surface area contributed by atoms with Gasteiger partial charge in [-0.2, -0.15) is 0 Å². The second-order valence-electron chi connectivity index (χ2n) is 5.44. The molecule has 3 aromatic carbocycles. The monoisotopic (exact) mass is 403 g/mol. The molecule has 0 fully saturated rings. The summed E-state index contributed by atoms with van der Waals surface area (Å²) in [4.78, 5) is 16.7. The molecule has 5 heteroatoms. The smallest absolute Gasteiger partial charge is 0.519 e. The van der Waals surface area contributed by atoms with Gasteiger partial charge in [0.1, 0.15) is 5.75 Å². The fourth-order valence-corrected chi connectivity index (χ4v) is 2.88. The number of hydrogen-bond acceptors (Lipinski definition) is 4.